The number of rotatable bonds is 8. The molecule has 3 aromatic rings. The van der Waals surface area contributed by atoms with Crippen LogP contribution in [0.1, 0.15) is 41.0 Å². The number of hydrogen-bond acceptors (Lipinski definition) is 7. The minimum Gasteiger partial charge on any atom is -0.497 e. The molecule has 168 valence electrons. The fourth-order valence-corrected chi connectivity index (χ4v) is 3.88. The largest absolute Gasteiger partial charge is 0.497 e. The van der Waals surface area contributed by atoms with Crippen molar-refractivity contribution in [2.75, 3.05) is 30.9 Å². The second-order valence-corrected chi connectivity index (χ2v) is 9.66. The van der Waals surface area contributed by atoms with Gasteiger partial charge in [-0.1, -0.05) is 18.3 Å². The molecule has 0 saturated carbocycles. The van der Waals surface area contributed by atoms with E-state index in [1.165, 1.54) is 11.3 Å². The first kappa shape index (κ1) is 22.9. The van der Waals surface area contributed by atoms with Gasteiger partial charge in [-0.05, 0) is 58.4 Å². The van der Waals surface area contributed by atoms with Crippen LogP contribution in [0.3, 0.4) is 0 Å². The maximum absolute atomic E-state index is 12.3. The van der Waals surface area contributed by atoms with Gasteiger partial charge in [0.15, 0.2) is 5.82 Å². The van der Waals surface area contributed by atoms with Crippen LogP contribution in [-0.2, 0) is 4.79 Å². The lowest BCUT2D eigenvalue weighted by Gasteiger charge is -2.22. The fourth-order valence-electron chi connectivity index (χ4n) is 3.02. The van der Waals surface area contributed by atoms with Gasteiger partial charge in [-0.25, -0.2) is 4.98 Å². The van der Waals surface area contributed by atoms with Gasteiger partial charge in [0.05, 0.1) is 13.7 Å². The summed E-state index contributed by atoms with van der Waals surface area (Å²) < 4.78 is 7.10. The van der Waals surface area contributed by atoms with E-state index < -0.39 is 0 Å². The van der Waals surface area contributed by atoms with Crippen LogP contribution in [0.15, 0.2) is 24.3 Å². The predicted molar refractivity (Wildman–Crippen MR) is 127 cm³/mol. The van der Waals surface area contributed by atoms with Gasteiger partial charge in [0, 0.05) is 24.2 Å². The minimum atomic E-state index is -0.178. The summed E-state index contributed by atoms with van der Waals surface area (Å²) in [5, 5.41) is 12.0. The van der Waals surface area contributed by atoms with Gasteiger partial charge >= 0.3 is 0 Å². The first-order chi connectivity index (χ1) is 14.6. The molecule has 0 aliphatic rings. The molecule has 0 aliphatic carbocycles. The molecule has 0 spiro atoms. The highest BCUT2D eigenvalue weighted by Gasteiger charge is 2.23. The number of imidazole rings is 1. The maximum Gasteiger partial charge on any atom is 0.239 e. The number of carbonyl (C=O) groups is 1. The number of methoxy groups -OCH3 is 1. The molecule has 9 heteroatoms. The van der Waals surface area contributed by atoms with E-state index in [4.69, 9.17) is 14.8 Å². The Hall–Kier alpha value is -2.81. The van der Waals surface area contributed by atoms with Crippen molar-refractivity contribution in [3.8, 4) is 17.0 Å². The van der Waals surface area contributed by atoms with Gasteiger partial charge in [0.2, 0.25) is 16.0 Å². The van der Waals surface area contributed by atoms with Crippen LogP contribution < -0.4 is 20.3 Å². The minimum absolute atomic E-state index is 0.0170. The topological polar surface area (TPSA) is 83.8 Å². The number of nitrogens with zero attached hydrogens (tertiary/aromatic N) is 4. The van der Waals surface area contributed by atoms with Gasteiger partial charge in [0.25, 0.3) is 0 Å². The number of fused-ring (bicyclic) bond motifs is 1. The van der Waals surface area contributed by atoms with E-state index in [1.807, 2.05) is 47.7 Å². The Labute approximate surface area is 187 Å². The highest BCUT2D eigenvalue weighted by molar-refractivity contribution is 7.20. The molecule has 0 fully saturated rings. The van der Waals surface area contributed by atoms with Crippen molar-refractivity contribution in [1.29, 1.82) is 0 Å². The molecule has 2 N–H and O–H groups in total. The molecule has 8 nitrogen and oxygen atoms in total. The standard InChI is InChI=1S/C22H32N6O2S/c1-8-14(2)23-17(29)13-27(6)21-26-28-19(25-22(3,4)5)18(24-20(28)31-21)15-9-11-16(30-7)12-10-15/h9-12,14,25H,8,13H2,1-7H3,(H,23,29)/t14-/m0/s1. The summed E-state index contributed by atoms with van der Waals surface area (Å²) >= 11 is 1.46. The summed E-state index contributed by atoms with van der Waals surface area (Å²) in [6, 6.07) is 7.99. The summed E-state index contributed by atoms with van der Waals surface area (Å²) in [6.45, 7) is 10.6. The molecule has 2 aromatic heterocycles. The number of anilines is 2. The third-order valence-electron chi connectivity index (χ3n) is 4.78. The zero-order valence-electron chi connectivity index (χ0n) is 19.3. The Balaban J connectivity index is 1.93. The molecule has 3 rings (SSSR count). The second kappa shape index (κ2) is 9.13. The number of carbonyl (C=O) groups excluding carboxylic acids is 1. The summed E-state index contributed by atoms with van der Waals surface area (Å²) in [5.41, 5.74) is 1.64. The molecule has 0 bridgehead atoms. The fraction of sp³-hybridized carbons (Fsp3) is 0.500. The lowest BCUT2D eigenvalue weighted by Crippen LogP contribution is -2.39. The van der Waals surface area contributed by atoms with Crippen molar-refractivity contribution in [2.24, 2.45) is 0 Å². The molecule has 0 aliphatic heterocycles. The average molecular weight is 445 g/mol. The van der Waals surface area contributed by atoms with Crippen LogP contribution in [0.5, 0.6) is 5.75 Å². The molecular weight excluding hydrogens is 412 g/mol. The normalized spacial score (nSPS) is 12.6. The van der Waals surface area contributed by atoms with E-state index >= 15 is 0 Å². The van der Waals surface area contributed by atoms with Gasteiger partial charge in [-0.2, -0.15) is 4.52 Å². The zero-order valence-corrected chi connectivity index (χ0v) is 20.1. The number of ether oxygens (including phenoxy) is 1. The number of likely N-dealkylation sites (N-methyl/N-ethyl adjacent to an activating group) is 1. The van der Waals surface area contributed by atoms with E-state index in [0.717, 1.165) is 39.3 Å². The average Bonchev–Trinajstić information content (AvgIpc) is 3.26. The van der Waals surface area contributed by atoms with Crippen LogP contribution in [0.4, 0.5) is 10.9 Å². The summed E-state index contributed by atoms with van der Waals surface area (Å²) in [4.78, 5) is 19.7. The van der Waals surface area contributed by atoms with E-state index in [9.17, 15) is 4.79 Å². The quantitative estimate of drug-likeness (QED) is 0.546. The molecular formula is C22H32N6O2S. The molecule has 2 heterocycles. The molecule has 31 heavy (non-hydrogen) atoms. The Morgan fingerprint density at radius 3 is 2.55 bits per heavy atom. The van der Waals surface area contributed by atoms with E-state index in [0.29, 0.717) is 0 Å². The van der Waals surface area contributed by atoms with Crippen LogP contribution in [0.2, 0.25) is 0 Å². The number of amides is 1. The summed E-state index contributed by atoms with van der Waals surface area (Å²) in [6.07, 6.45) is 0.899. The maximum atomic E-state index is 12.3. The lowest BCUT2D eigenvalue weighted by molar-refractivity contribution is -0.120. The van der Waals surface area contributed by atoms with E-state index in [-0.39, 0.29) is 24.0 Å². The van der Waals surface area contributed by atoms with E-state index in [1.54, 1.807) is 7.11 Å². The molecule has 1 aromatic carbocycles. The van der Waals surface area contributed by atoms with E-state index in [2.05, 4.69) is 38.3 Å². The van der Waals surface area contributed by atoms with Crippen LogP contribution in [0, 0.1) is 0 Å². The van der Waals surface area contributed by atoms with Crippen LogP contribution in [0.25, 0.3) is 16.2 Å². The Kier molecular flexibility index (Phi) is 6.74. The Bertz CT molecular complexity index is 1030. The third-order valence-corrected chi connectivity index (χ3v) is 5.80. The number of hydrogen-bond donors (Lipinski definition) is 2. The zero-order chi connectivity index (χ0) is 22.8. The highest BCUT2D eigenvalue weighted by atomic mass is 32.1. The summed E-state index contributed by atoms with van der Waals surface area (Å²) in [5.74, 6) is 1.61. The first-order valence-corrected chi connectivity index (χ1v) is 11.3. The molecule has 1 amide bonds. The third kappa shape index (κ3) is 5.46. The molecule has 0 unspecified atom stereocenters. The van der Waals surface area contributed by atoms with Crippen molar-refractivity contribution in [1.82, 2.24) is 19.9 Å². The van der Waals surface area contributed by atoms with Crippen LogP contribution in [-0.4, -0.2) is 52.8 Å². The van der Waals surface area contributed by atoms with Crippen molar-refractivity contribution >= 4 is 33.2 Å². The van der Waals surface area contributed by atoms with Crippen molar-refractivity contribution in [2.45, 2.75) is 52.6 Å². The second-order valence-electron chi connectivity index (χ2n) is 8.72. The Morgan fingerprint density at radius 1 is 1.29 bits per heavy atom. The lowest BCUT2D eigenvalue weighted by atomic mass is 10.1. The van der Waals surface area contributed by atoms with Crippen molar-refractivity contribution in [3.05, 3.63) is 24.3 Å². The number of aromatic nitrogens is 3. The monoisotopic (exact) mass is 444 g/mol. The molecule has 0 radical (unpaired) electrons. The van der Waals surface area contributed by atoms with Crippen LogP contribution >= 0.6 is 11.3 Å². The predicted octanol–water partition coefficient (Wildman–Crippen LogP) is 4.03. The van der Waals surface area contributed by atoms with Crippen molar-refractivity contribution < 1.29 is 9.53 Å². The van der Waals surface area contributed by atoms with Gasteiger partial charge < -0.3 is 20.3 Å². The summed E-state index contributed by atoms with van der Waals surface area (Å²) in [7, 11) is 3.52. The van der Waals surface area contributed by atoms with Gasteiger partial charge in [0.1, 0.15) is 11.4 Å². The van der Waals surface area contributed by atoms with Gasteiger partial charge in [-0.15, -0.1) is 5.10 Å². The van der Waals surface area contributed by atoms with Gasteiger partial charge in [-0.3, -0.25) is 4.79 Å². The highest BCUT2D eigenvalue weighted by Crippen LogP contribution is 2.35. The van der Waals surface area contributed by atoms with Crippen molar-refractivity contribution in [3.63, 3.8) is 0 Å². The Morgan fingerprint density at radius 2 is 1.97 bits per heavy atom. The smallest absolute Gasteiger partial charge is 0.239 e. The SMILES string of the molecule is CC[C@H](C)NC(=O)CN(C)c1nn2c(NC(C)(C)C)c(-c3ccc(OC)cc3)nc2s1. The number of benzene rings is 1. The molecule has 1 atom stereocenters. The number of nitrogens with one attached hydrogen (secondary N) is 2. The molecule has 0 saturated heterocycles. The first-order valence-electron chi connectivity index (χ1n) is 10.4.